The van der Waals surface area contributed by atoms with Crippen molar-refractivity contribution in [1.29, 1.82) is 0 Å². The number of rotatable bonds is 0. The van der Waals surface area contributed by atoms with Crippen molar-refractivity contribution in [2.45, 2.75) is 20.8 Å². The zero-order chi connectivity index (χ0) is 8.72. The summed E-state index contributed by atoms with van der Waals surface area (Å²) in [7, 11) is 0. The van der Waals surface area contributed by atoms with E-state index in [2.05, 4.69) is 45.0 Å². The molecule has 0 aliphatic heterocycles. The first kappa shape index (κ1) is 17.5. The Balaban J connectivity index is 0. The van der Waals surface area contributed by atoms with Crippen molar-refractivity contribution in [3.05, 3.63) is 41.0 Å². The third-order valence-corrected chi connectivity index (χ3v) is 2.47. The van der Waals surface area contributed by atoms with E-state index in [1.54, 1.807) is 0 Å². The minimum Gasteiger partial charge on any atom is -1.00 e. The topological polar surface area (TPSA) is 0 Å². The molecule has 0 atom stereocenters. The molecule has 0 saturated heterocycles. The first-order valence-corrected chi connectivity index (χ1v) is 4.32. The maximum atomic E-state index is 2.26. The largest absolute Gasteiger partial charge is 3.00 e. The van der Waals surface area contributed by atoms with Crippen LogP contribution in [0.3, 0.4) is 0 Å². The average molecular weight is 276 g/mol. The van der Waals surface area contributed by atoms with Crippen molar-refractivity contribution < 1.29 is 46.5 Å². The van der Waals surface area contributed by atoms with Crippen LogP contribution in [0.5, 0.6) is 0 Å². The van der Waals surface area contributed by atoms with Crippen LogP contribution in [0.15, 0.2) is 24.3 Å². The van der Waals surface area contributed by atoms with E-state index < -0.39 is 0 Å². The van der Waals surface area contributed by atoms with Crippen molar-refractivity contribution in [3.8, 4) is 0 Å². The summed E-state index contributed by atoms with van der Waals surface area (Å²) < 4.78 is 0. The van der Waals surface area contributed by atoms with Gasteiger partial charge in [0, 0.05) is 0 Å². The molecule has 1 radical (unpaired) electrons. The van der Waals surface area contributed by atoms with E-state index in [0.717, 1.165) is 0 Å². The first-order chi connectivity index (χ1) is 5.68. The van der Waals surface area contributed by atoms with Crippen molar-refractivity contribution in [3.63, 3.8) is 0 Å². The molecule has 79 valence electrons. The molecule has 0 nitrogen and oxygen atoms in total. The first-order valence-electron chi connectivity index (χ1n) is 4.32. The molecule has 3 heteroatoms. The van der Waals surface area contributed by atoms with Gasteiger partial charge in [-0.1, -0.05) is 25.5 Å². The third-order valence-electron chi connectivity index (χ3n) is 2.47. The summed E-state index contributed by atoms with van der Waals surface area (Å²) in [5.74, 6) is 0. The van der Waals surface area contributed by atoms with Crippen LogP contribution in [0, 0.1) is 20.8 Å². The van der Waals surface area contributed by atoms with Crippen LogP contribution in [-0.2, 0) is 21.7 Å². The summed E-state index contributed by atoms with van der Waals surface area (Å²) in [6.45, 7) is 6.49. The van der Waals surface area contributed by atoms with Gasteiger partial charge in [0.2, 0.25) is 0 Å². The van der Waals surface area contributed by atoms with Gasteiger partial charge in [-0.25, -0.2) is 0 Å². The second-order valence-electron chi connectivity index (χ2n) is 3.56. The van der Waals surface area contributed by atoms with Crippen LogP contribution < -0.4 is 24.8 Å². The second kappa shape index (κ2) is 6.65. The molecule has 2 aromatic carbocycles. The fraction of sp³-hybridized carbons (Fsp3) is 0.250. The van der Waals surface area contributed by atoms with Gasteiger partial charge in [0.15, 0.2) is 0 Å². The quantitative estimate of drug-likeness (QED) is 0.368. The molecular formula is C12H13Cl2Ti. The molecule has 2 rings (SSSR count). The van der Waals surface area contributed by atoms with Gasteiger partial charge in [-0.15, -0.1) is 34.0 Å². The van der Waals surface area contributed by atoms with Crippen LogP contribution >= 0.6 is 0 Å². The SMILES string of the molecule is Cc1cc2c(C)ccc(C)c2[cH-]1.[Cl-].[Cl-].[Ti+3]. The number of fused-ring (bicyclic) bond motifs is 1. The van der Waals surface area contributed by atoms with E-state index in [4.69, 9.17) is 0 Å². The van der Waals surface area contributed by atoms with Crippen LogP contribution in [0.25, 0.3) is 10.8 Å². The van der Waals surface area contributed by atoms with E-state index in [1.807, 2.05) is 0 Å². The Hall–Kier alpha value is 0.124. The zero-order valence-electron chi connectivity index (χ0n) is 9.07. The Morgan fingerprint density at radius 2 is 1.47 bits per heavy atom. The van der Waals surface area contributed by atoms with Gasteiger partial charge in [-0.3, -0.25) is 0 Å². The van der Waals surface area contributed by atoms with E-state index >= 15 is 0 Å². The Morgan fingerprint density at radius 3 is 2.00 bits per heavy atom. The van der Waals surface area contributed by atoms with Crippen molar-refractivity contribution in [1.82, 2.24) is 0 Å². The number of aryl methyl sites for hydroxylation is 3. The van der Waals surface area contributed by atoms with E-state index in [0.29, 0.717) is 0 Å². The zero-order valence-corrected chi connectivity index (χ0v) is 12.1. The monoisotopic (exact) mass is 275 g/mol. The van der Waals surface area contributed by atoms with Gasteiger partial charge in [0.05, 0.1) is 0 Å². The summed E-state index contributed by atoms with van der Waals surface area (Å²) in [5.41, 5.74) is 4.12. The molecule has 2 aromatic rings. The van der Waals surface area contributed by atoms with Crippen LogP contribution in [0.4, 0.5) is 0 Å². The number of hydrogen-bond donors (Lipinski definition) is 0. The molecule has 0 aliphatic carbocycles. The Kier molecular flexibility index (Phi) is 7.77. The smallest absolute Gasteiger partial charge is 1.00 e. The normalized spacial score (nSPS) is 8.73. The van der Waals surface area contributed by atoms with Crippen molar-refractivity contribution in [2.75, 3.05) is 0 Å². The number of halogens is 2. The minimum atomic E-state index is 0. The molecule has 0 bridgehead atoms. The van der Waals surface area contributed by atoms with Crippen LogP contribution in [-0.4, -0.2) is 0 Å². The van der Waals surface area contributed by atoms with Crippen LogP contribution in [0.2, 0.25) is 0 Å². The Labute approximate surface area is 119 Å². The molecule has 0 N–H and O–H groups in total. The molecule has 0 unspecified atom stereocenters. The predicted molar refractivity (Wildman–Crippen MR) is 53.8 cm³/mol. The Bertz CT molecular complexity index is 393. The van der Waals surface area contributed by atoms with E-state index in [9.17, 15) is 0 Å². The van der Waals surface area contributed by atoms with Crippen molar-refractivity contribution in [2.24, 2.45) is 0 Å². The van der Waals surface area contributed by atoms with E-state index in [-0.39, 0.29) is 46.5 Å². The van der Waals surface area contributed by atoms with Gasteiger partial charge >= 0.3 is 21.7 Å². The summed E-state index contributed by atoms with van der Waals surface area (Å²) in [6, 6.07) is 8.91. The molecule has 0 heterocycles. The second-order valence-corrected chi connectivity index (χ2v) is 3.56. The van der Waals surface area contributed by atoms with Gasteiger partial charge in [0.25, 0.3) is 0 Å². The maximum Gasteiger partial charge on any atom is 3.00 e. The molecule has 0 fully saturated rings. The molecule has 0 saturated carbocycles. The van der Waals surface area contributed by atoms with Gasteiger partial charge < -0.3 is 24.8 Å². The fourth-order valence-corrected chi connectivity index (χ4v) is 1.73. The number of hydrogen-bond acceptors (Lipinski definition) is 0. The predicted octanol–water partition coefficient (Wildman–Crippen LogP) is -2.51. The fourth-order valence-electron chi connectivity index (χ4n) is 1.73. The average Bonchev–Trinajstić information content (AvgIpc) is 2.41. The van der Waals surface area contributed by atoms with Crippen molar-refractivity contribution >= 4 is 10.8 Å². The third kappa shape index (κ3) is 3.29. The molecule has 0 aliphatic rings. The number of benzene rings is 1. The molecule has 0 spiro atoms. The van der Waals surface area contributed by atoms with Gasteiger partial charge in [0.1, 0.15) is 0 Å². The Morgan fingerprint density at radius 1 is 0.933 bits per heavy atom. The standard InChI is InChI=1S/C12H13.2ClH.Ti/c1-8-6-11-9(2)4-5-10(3)12(11)7-8;;;/h4-7H,1-3H3;2*1H;/q-1;;;+3/p-2. The van der Waals surface area contributed by atoms with E-state index in [1.165, 1.54) is 27.5 Å². The summed E-state index contributed by atoms with van der Waals surface area (Å²) in [5, 5.41) is 2.82. The molecule has 0 aromatic heterocycles. The minimum absolute atomic E-state index is 0. The molecule has 0 amide bonds. The summed E-state index contributed by atoms with van der Waals surface area (Å²) in [4.78, 5) is 0. The molecule has 15 heavy (non-hydrogen) atoms. The maximum absolute atomic E-state index is 2.26. The summed E-state index contributed by atoms with van der Waals surface area (Å²) in [6.07, 6.45) is 0. The summed E-state index contributed by atoms with van der Waals surface area (Å²) >= 11 is 0. The van der Waals surface area contributed by atoms with Gasteiger partial charge in [-0.2, -0.15) is 6.07 Å². The van der Waals surface area contributed by atoms with Gasteiger partial charge in [-0.05, 0) is 6.92 Å². The molecular weight excluding hydrogens is 263 g/mol. The van der Waals surface area contributed by atoms with Crippen LogP contribution in [0.1, 0.15) is 16.7 Å².